The monoisotopic (exact) mass is 835 g/mol. The molecule has 0 unspecified atom stereocenters. The summed E-state index contributed by atoms with van der Waals surface area (Å²) >= 11 is 0. The van der Waals surface area contributed by atoms with Crippen molar-refractivity contribution in [2.45, 2.75) is 169 Å². The zero-order valence-electron chi connectivity index (χ0n) is 38.2. The van der Waals surface area contributed by atoms with E-state index in [1.54, 1.807) is 0 Å². The standard InChI is InChI=1S/C52H70N2O7/c1-29-20-30(23-33(21-29)52(59)16-18-60-19-17-52)22-32-27-54-28-34-39-40(48(6,24-36(56)45-47(4,5)61-45)13-10-31-26-53-41(32)42(31)54)35(55)25-51(39,9)50(8)15-11-37-46(2,3)38(57)12-14-49(37,7)44(50)43(34)58/h20-21,23,26-27,34,36-37,43-45,53,56,58-59H,10-19,22,24-25,28H2,1-9H3/t34-,36-,37+,43-,44-,45-,48+,49-,50+,51+/m1/s1. The van der Waals surface area contributed by atoms with Crippen molar-refractivity contribution < 1.29 is 34.4 Å². The number of aliphatic hydroxyl groups excluding tert-OH is 2. The number of aromatic nitrogens is 2. The Morgan fingerprint density at radius 3 is 2.38 bits per heavy atom. The Labute approximate surface area is 362 Å². The van der Waals surface area contributed by atoms with Crippen LogP contribution in [-0.4, -0.2) is 73.6 Å². The molecule has 4 aliphatic carbocycles. The minimum atomic E-state index is -0.908. The van der Waals surface area contributed by atoms with Gasteiger partial charge in [0.1, 0.15) is 11.9 Å². The fraction of sp³-hybridized carbons (Fsp3) is 0.692. The predicted molar refractivity (Wildman–Crippen MR) is 235 cm³/mol. The summed E-state index contributed by atoms with van der Waals surface area (Å²) in [6, 6.07) is 6.52. The lowest BCUT2D eigenvalue weighted by atomic mass is 9.34. The highest BCUT2D eigenvalue weighted by Gasteiger charge is 2.72. The van der Waals surface area contributed by atoms with Crippen molar-refractivity contribution in [2.75, 3.05) is 13.2 Å². The van der Waals surface area contributed by atoms with Crippen LogP contribution in [0.4, 0.5) is 0 Å². The van der Waals surface area contributed by atoms with Gasteiger partial charge in [-0.1, -0.05) is 65.3 Å². The number of benzene rings is 1. The van der Waals surface area contributed by atoms with E-state index in [0.29, 0.717) is 70.5 Å². The van der Waals surface area contributed by atoms with E-state index in [1.807, 2.05) is 13.8 Å². The largest absolute Gasteiger partial charge is 0.392 e. The van der Waals surface area contributed by atoms with Crippen molar-refractivity contribution in [3.05, 3.63) is 69.6 Å². The number of nitrogens with one attached hydrogen (secondary N) is 1. The molecule has 9 nitrogen and oxygen atoms in total. The van der Waals surface area contributed by atoms with Crippen LogP contribution in [0.3, 0.4) is 0 Å². The Morgan fingerprint density at radius 2 is 1.67 bits per heavy atom. The SMILES string of the molecule is Cc1cc(Cc2cn3c4c(c[nH]c24)CC[C@@](C)(C[C@@H](O)[C@H]2OC2(C)C)C2=C4[C@@H](C3)[C@@H](O)[C@@H]3[C@]5(C)CCC(=O)C(C)(C)[C@@H]5CC[C@]3(C)[C@@]4(C)CC2=O)cc(C2(O)CCOCC2)c1. The Bertz CT molecular complexity index is 2360. The quantitative estimate of drug-likeness (QED) is 0.183. The Kier molecular flexibility index (Phi) is 9.26. The van der Waals surface area contributed by atoms with E-state index in [4.69, 9.17) is 9.47 Å². The van der Waals surface area contributed by atoms with Crippen molar-refractivity contribution in [3.8, 4) is 0 Å². The lowest BCUT2D eigenvalue weighted by Gasteiger charge is -2.70. The van der Waals surface area contributed by atoms with Crippen LogP contribution in [0.25, 0.3) is 11.0 Å². The second-order valence-electron chi connectivity index (χ2n) is 23.3. The zero-order chi connectivity index (χ0) is 43.4. The van der Waals surface area contributed by atoms with E-state index in [9.17, 15) is 20.1 Å². The highest BCUT2D eigenvalue weighted by molar-refractivity contribution is 6.02. The highest BCUT2D eigenvalue weighted by Crippen LogP contribution is 2.75. The lowest BCUT2D eigenvalue weighted by molar-refractivity contribution is -0.220. The van der Waals surface area contributed by atoms with Crippen LogP contribution in [0.5, 0.6) is 0 Å². The first-order valence-electron chi connectivity index (χ1n) is 23.5. The third-order valence-corrected chi connectivity index (χ3v) is 18.9. The average Bonchev–Trinajstić information content (AvgIpc) is 3.43. The average molecular weight is 835 g/mol. The van der Waals surface area contributed by atoms with Crippen LogP contribution in [0.15, 0.2) is 41.7 Å². The topological polar surface area (TPSA) is 137 Å². The normalized spacial score (nSPS) is 39.1. The Hall–Kier alpha value is -3.08. The van der Waals surface area contributed by atoms with Crippen LogP contribution >= 0.6 is 0 Å². The number of rotatable bonds is 6. The molecule has 330 valence electrons. The van der Waals surface area contributed by atoms with E-state index in [2.05, 4.69) is 88.6 Å². The number of allylic oxidation sites excluding steroid dienone is 1. The van der Waals surface area contributed by atoms with Gasteiger partial charge in [-0.2, -0.15) is 0 Å². The summed E-state index contributed by atoms with van der Waals surface area (Å²) < 4.78 is 14.0. The van der Waals surface area contributed by atoms with Crippen molar-refractivity contribution in [2.24, 2.45) is 44.8 Å². The predicted octanol–water partition coefficient (Wildman–Crippen LogP) is 8.44. The van der Waals surface area contributed by atoms with E-state index in [-0.39, 0.29) is 40.5 Å². The minimum Gasteiger partial charge on any atom is -0.392 e. The number of epoxide rings is 1. The van der Waals surface area contributed by atoms with Crippen LogP contribution in [0.2, 0.25) is 0 Å². The fourth-order valence-electron chi connectivity index (χ4n) is 15.6. The number of H-pyrrole nitrogens is 1. The third-order valence-electron chi connectivity index (χ3n) is 18.9. The third kappa shape index (κ3) is 5.95. The fourth-order valence-corrected chi connectivity index (χ4v) is 15.6. The lowest BCUT2D eigenvalue weighted by Crippen LogP contribution is -2.67. The minimum absolute atomic E-state index is 0.115. The second-order valence-corrected chi connectivity index (χ2v) is 23.3. The molecule has 0 bridgehead atoms. The number of fused-ring (bicyclic) bond motifs is 4. The highest BCUT2D eigenvalue weighted by atomic mass is 16.6. The van der Waals surface area contributed by atoms with E-state index in [0.717, 1.165) is 70.1 Å². The molecule has 10 atom stereocenters. The van der Waals surface area contributed by atoms with E-state index >= 15 is 4.79 Å². The van der Waals surface area contributed by atoms with Crippen molar-refractivity contribution >= 4 is 22.6 Å². The van der Waals surface area contributed by atoms with Gasteiger partial charge in [0.05, 0.1) is 34.4 Å². The summed E-state index contributed by atoms with van der Waals surface area (Å²) in [5.74, 6) is 0.179. The second kappa shape index (κ2) is 13.5. The van der Waals surface area contributed by atoms with Gasteiger partial charge < -0.3 is 34.3 Å². The number of Topliss-reactive ketones (excluding diaryl/α,β-unsaturated/α-hetero) is 2. The number of hydrogen-bond donors (Lipinski definition) is 4. The van der Waals surface area contributed by atoms with Gasteiger partial charge in [0.2, 0.25) is 0 Å². The number of aromatic amines is 1. The van der Waals surface area contributed by atoms with Gasteiger partial charge in [-0.25, -0.2) is 0 Å². The summed E-state index contributed by atoms with van der Waals surface area (Å²) in [6.07, 6.45) is 9.72. The first-order chi connectivity index (χ1) is 28.6. The number of nitrogens with zero attached hydrogens (tertiary/aromatic N) is 1. The summed E-state index contributed by atoms with van der Waals surface area (Å²) in [5.41, 5.74) is 6.13. The number of hydrogen-bond acceptors (Lipinski definition) is 7. The molecule has 10 rings (SSSR count). The van der Waals surface area contributed by atoms with Crippen LogP contribution in [0, 0.1) is 51.8 Å². The summed E-state index contributed by atoms with van der Waals surface area (Å²) in [4.78, 5) is 32.5. The van der Waals surface area contributed by atoms with Crippen LogP contribution in [-0.2, 0) is 44.1 Å². The molecule has 4 N–H and O–H groups in total. The van der Waals surface area contributed by atoms with E-state index in [1.165, 1.54) is 5.56 Å². The molecule has 2 aromatic heterocycles. The molecule has 61 heavy (non-hydrogen) atoms. The molecule has 9 heteroatoms. The summed E-state index contributed by atoms with van der Waals surface area (Å²) in [7, 11) is 0. The Morgan fingerprint density at radius 1 is 0.951 bits per heavy atom. The maximum absolute atomic E-state index is 15.2. The molecule has 3 aromatic rings. The molecular formula is C52H70N2O7. The zero-order valence-corrected chi connectivity index (χ0v) is 38.2. The first kappa shape index (κ1) is 41.9. The van der Waals surface area contributed by atoms with Crippen molar-refractivity contribution in [1.82, 2.24) is 9.55 Å². The molecule has 5 heterocycles. The molecule has 5 fully saturated rings. The molecule has 0 spiro atoms. The first-order valence-corrected chi connectivity index (χ1v) is 23.5. The number of ether oxygens (including phenoxy) is 2. The molecule has 3 aliphatic heterocycles. The number of aliphatic hydroxyl groups is 3. The van der Waals surface area contributed by atoms with Gasteiger partial charge in [-0.3, -0.25) is 9.59 Å². The maximum Gasteiger partial charge on any atom is 0.160 e. The summed E-state index contributed by atoms with van der Waals surface area (Å²) in [5, 5.41) is 37.2. The molecule has 7 aliphatic rings. The molecule has 1 aromatic carbocycles. The Balaban J connectivity index is 1.13. The number of carbonyl (C=O) groups excluding carboxylic acids is 2. The molecular weight excluding hydrogens is 765 g/mol. The van der Waals surface area contributed by atoms with Gasteiger partial charge in [0.25, 0.3) is 0 Å². The van der Waals surface area contributed by atoms with Crippen LogP contribution < -0.4 is 0 Å². The van der Waals surface area contributed by atoms with Crippen LogP contribution in [0.1, 0.15) is 141 Å². The van der Waals surface area contributed by atoms with Crippen molar-refractivity contribution in [3.63, 3.8) is 0 Å². The number of aryl methyl sites for hydroxylation is 2. The smallest absolute Gasteiger partial charge is 0.160 e. The molecule has 2 saturated heterocycles. The van der Waals surface area contributed by atoms with Gasteiger partial charge in [-0.05, 0) is 115 Å². The van der Waals surface area contributed by atoms with Gasteiger partial charge in [-0.15, -0.1) is 0 Å². The van der Waals surface area contributed by atoms with Gasteiger partial charge >= 0.3 is 0 Å². The molecule has 3 saturated carbocycles. The maximum atomic E-state index is 15.2. The van der Waals surface area contributed by atoms with E-state index < -0.39 is 39.7 Å². The van der Waals surface area contributed by atoms with Gasteiger partial charge in [0.15, 0.2) is 5.78 Å². The molecule has 0 radical (unpaired) electrons. The molecule has 0 amide bonds. The number of carbonyl (C=O) groups is 2. The number of ketones is 2. The van der Waals surface area contributed by atoms with Crippen molar-refractivity contribution in [1.29, 1.82) is 0 Å². The summed E-state index contributed by atoms with van der Waals surface area (Å²) in [6.45, 7) is 21.3. The van der Waals surface area contributed by atoms with Gasteiger partial charge in [0, 0.05) is 86.6 Å².